The van der Waals surface area contributed by atoms with Crippen molar-refractivity contribution in [1.29, 1.82) is 0 Å². The van der Waals surface area contributed by atoms with Gasteiger partial charge >= 0.3 is 0 Å². The van der Waals surface area contributed by atoms with Gasteiger partial charge in [-0.3, -0.25) is 5.84 Å². The third-order valence-electron chi connectivity index (χ3n) is 2.81. The van der Waals surface area contributed by atoms with Crippen LogP contribution in [0.1, 0.15) is 29.0 Å². The quantitative estimate of drug-likeness (QED) is 0.656. The summed E-state index contributed by atoms with van der Waals surface area (Å²) >= 11 is 7.93. The highest BCUT2D eigenvalue weighted by atomic mass is 35.5. The first kappa shape index (κ1) is 12.6. The molecule has 1 unspecified atom stereocenters. The number of thiophene rings is 1. The number of hydrazine groups is 1. The average molecular weight is 267 g/mol. The molecule has 17 heavy (non-hydrogen) atoms. The summed E-state index contributed by atoms with van der Waals surface area (Å²) in [5, 5.41) is 2.83. The third-order valence-corrected chi connectivity index (χ3v) is 4.17. The molecule has 2 nitrogen and oxygen atoms in total. The summed E-state index contributed by atoms with van der Waals surface area (Å²) in [6.45, 7) is 2.14. The minimum Gasteiger partial charge on any atom is -0.271 e. The number of hydrogen-bond acceptors (Lipinski definition) is 3. The lowest BCUT2D eigenvalue weighted by molar-refractivity contribution is 0.642. The summed E-state index contributed by atoms with van der Waals surface area (Å²) in [5.74, 6) is 5.69. The van der Waals surface area contributed by atoms with Gasteiger partial charge in [0, 0.05) is 9.90 Å². The smallest absolute Gasteiger partial charge is 0.0819 e. The van der Waals surface area contributed by atoms with Crippen LogP contribution in [0.3, 0.4) is 0 Å². The largest absolute Gasteiger partial charge is 0.271 e. The Morgan fingerprint density at radius 2 is 2.12 bits per heavy atom. The van der Waals surface area contributed by atoms with Crippen molar-refractivity contribution in [2.45, 2.75) is 19.4 Å². The second kappa shape index (κ2) is 5.65. The van der Waals surface area contributed by atoms with Gasteiger partial charge in [0.25, 0.3) is 0 Å². The van der Waals surface area contributed by atoms with Crippen LogP contribution in [0.2, 0.25) is 5.02 Å². The van der Waals surface area contributed by atoms with Crippen LogP contribution in [0.5, 0.6) is 0 Å². The molecule has 4 heteroatoms. The van der Waals surface area contributed by atoms with E-state index in [1.807, 2.05) is 24.3 Å². The molecule has 0 radical (unpaired) electrons. The first-order valence-electron chi connectivity index (χ1n) is 5.54. The highest BCUT2D eigenvalue weighted by Gasteiger charge is 2.18. The Labute approximate surface area is 110 Å². The van der Waals surface area contributed by atoms with Crippen LogP contribution in [-0.4, -0.2) is 0 Å². The van der Waals surface area contributed by atoms with E-state index in [0.29, 0.717) is 0 Å². The number of rotatable bonds is 4. The van der Waals surface area contributed by atoms with Gasteiger partial charge in [-0.15, -0.1) is 11.3 Å². The molecule has 1 aromatic heterocycles. The van der Waals surface area contributed by atoms with Gasteiger partial charge in [-0.25, -0.2) is 5.43 Å². The summed E-state index contributed by atoms with van der Waals surface area (Å²) in [7, 11) is 0. The Kier molecular flexibility index (Phi) is 4.18. The van der Waals surface area contributed by atoms with Gasteiger partial charge in [0.15, 0.2) is 0 Å². The van der Waals surface area contributed by atoms with E-state index >= 15 is 0 Å². The molecule has 2 aromatic rings. The molecular weight excluding hydrogens is 252 g/mol. The molecule has 0 aliphatic heterocycles. The fourth-order valence-electron chi connectivity index (χ4n) is 1.91. The lowest BCUT2D eigenvalue weighted by Gasteiger charge is -2.18. The van der Waals surface area contributed by atoms with Crippen molar-refractivity contribution in [1.82, 2.24) is 5.43 Å². The van der Waals surface area contributed by atoms with Gasteiger partial charge in [-0.05, 0) is 35.1 Å². The van der Waals surface area contributed by atoms with E-state index in [-0.39, 0.29) is 6.04 Å². The second-order valence-corrected chi connectivity index (χ2v) is 5.14. The highest BCUT2D eigenvalue weighted by Crippen LogP contribution is 2.33. The Morgan fingerprint density at radius 3 is 2.76 bits per heavy atom. The Bertz CT molecular complexity index is 496. The first-order valence-corrected chi connectivity index (χ1v) is 6.80. The minimum atomic E-state index is -0.0290. The molecule has 1 aromatic carbocycles. The number of hydrogen-bond donors (Lipinski definition) is 2. The zero-order valence-corrected chi connectivity index (χ0v) is 11.2. The van der Waals surface area contributed by atoms with Crippen LogP contribution < -0.4 is 11.3 Å². The van der Waals surface area contributed by atoms with Gasteiger partial charge in [0.2, 0.25) is 0 Å². The van der Waals surface area contributed by atoms with Crippen LogP contribution in [0.15, 0.2) is 35.7 Å². The average Bonchev–Trinajstić information content (AvgIpc) is 2.81. The van der Waals surface area contributed by atoms with E-state index in [9.17, 15) is 0 Å². The standard InChI is InChI=1S/C13H15ClN2S/c1-2-9-7-8-17-13(9)12(16-15)10-5-3-4-6-11(10)14/h3-8,12,16H,2,15H2,1H3. The minimum absolute atomic E-state index is 0.0290. The number of nitrogens with one attached hydrogen (secondary N) is 1. The lowest BCUT2D eigenvalue weighted by atomic mass is 10.0. The predicted octanol–water partition coefficient (Wildman–Crippen LogP) is 3.52. The van der Waals surface area contributed by atoms with Crippen molar-refractivity contribution >= 4 is 22.9 Å². The van der Waals surface area contributed by atoms with E-state index in [0.717, 1.165) is 17.0 Å². The number of halogens is 1. The molecular formula is C13H15ClN2S. The molecule has 0 saturated carbocycles. The van der Waals surface area contributed by atoms with E-state index in [4.69, 9.17) is 17.4 Å². The van der Waals surface area contributed by atoms with Crippen LogP contribution in [0.4, 0.5) is 0 Å². The summed E-state index contributed by atoms with van der Waals surface area (Å²) in [6.07, 6.45) is 1.00. The van der Waals surface area contributed by atoms with E-state index in [1.54, 1.807) is 11.3 Å². The Balaban J connectivity index is 2.44. The normalized spacial score (nSPS) is 12.6. The summed E-state index contributed by atoms with van der Waals surface area (Å²) in [5.41, 5.74) is 5.20. The van der Waals surface area contributed by atoms with E-state index < -0.39 is 0 Å². The molecule has 0 fully saturated rings. The van der Waals surface area contributed by atoms with Gasteiger partial charge in [-0.1, -0.05) is 36.7 Å². The van der Waals surface area contributed by atoms with Crippen molar-refractivity contribution in [2.24, 2.45) is 5.84 Å². The molecule has 3 N–H and O–H groups in total. The molecule has 1 atom stereocenters. The fourth-order valence-corrected chi connectivity index (χ4v) is 3.23. The van der Waals surface area contributed by atoms with Gasteiger partial charge in [0.05, 0.1) is 6.04 Å². The predicted molar refractivity (Wildman–Crippen MR) is 74.3 cm³/mol. The molecule has 1 heterocycles. The van der Waals surface area contributed by atoms with Crippen molar-refractivity contribution in [3.63, 3.8) is 0 Å². The molecule has 0 bridgehead atoms. The Morgan fingerprint density at radius 1 is 1.35 bits per heavy atom. The van der Waals surface area contributed by atoms with Crippen LogP contribution >= 0.6 is 22.9 Å². The maximum atomic E-state index is 6.22. The fraction of sp³-hybridized carbons (Fsp3) is 0.231. The van der Waals surface area contributed by atoms with Crippen molar-refractivity contribution < 1.29 is 0 Å². The molecule has 0 aliphatic rings. The van der Waals surface area contributed by atoms with Gasteiger partial charge in [-0.2, -0.15) is 0 Å². The maximum Gasteiger partial charge on any atom is 0.0819 e. The second-order valence-electron chi connectivity index (χ2n) is 3.78. The molecule has 0 aliphatic carbocycles. The van der Waals surface area contributed by atoms with E-state index in [2.05, 4.69) is 23.8 Å². The van der Waals surface area contributed by atoms with Gasteiger partial charge in [0.1, 0.15) is 0 Å². The first-order chi connectivity index (χ1) is 8.27. The van der Waals surface area contributed by atoms with E-state index in [1.165, 1.54) is 10.4 Å². The Hall–Kier alpha value is -0.870. The van der Waals surface area contributed by atoms with Crippen LogP contribution in [0.25, 0.3) is 0 Å². The zero-order chi connectivity index (χ0) is 12.3. The van der Waals surface area contributed by atoms with Gasteiger partial charge < -0.3 is 0 Å². The molecule has 0 saturated heterocycles. The van der Waals surface area contributed by atoms with Crippen LogP contribution in [0, 0.1) is 0 Å². The molecule has 0 amide bonds. The zero-order valence-electron chi connectivity index (χ0n) is 9.61. The summed E-state index contributed by atoms with van der Waals surface area (Å²) in [4.78, 5) is 1.24. The highest BCUT2D eigenvalue weighted by molar-refractivity contribution is 7.10. The molecule has 0 spiro atoms. The SMILES string of the molecule is CCc1ccsc1C(NN)c1ccccc1Cl. The maximum absolute atomic E-state index is 6.22. The monoisotopic (exact) mass is 266 g/mol. The number of benzene rings is 1. The lowest BCUT2D eigenvalue weighted by Crippen LogP contribution is -2.29. The van der Waals surface area contributed by atoms with Crippen LogP contribution in [-0.2, 0) is 6.42 Å². The third kappa shape index (κ3) is 2.53. The number of aryl methyl sites for hydroxylation is 1. The number of nitrogens with two attached hydrogens (primary N) is 1. The molecule has 90 valence electrons. The molecule has 2 rings (SSSR count). The topological polar surface area (TPSA) is 38.0 Å². The van der Waals surface area contributed by atoms with Crippen molar-refractivity contribution in [2.75, 3.05) is 0 Å². The van der Waals surface area contributed by atoms with Crippen molar-refractivity contribution in [3.8, 4) is 0 Å². The summed E-state index contributed by atoms with van der Waals surface area (Å²) in [6, 6.07) is 9.91. The van der Waals surface area contributed by atoms with Crippen molar-refractivity contribution in [3.05, 3.63) is 56.7 Å². The summed E-state index contributed by atoms with van der Waals surface area (Å²) < 4.78 is 0.